The van der Waals surface area contributed by atoms with Crippen molar-refractivity contribution < 1.29 is 4.79 Å². The third-order valence-corrected chi connectivity index (χ3v) is 4.54. The second-order valence-electron chi connectivity index (χ2n) is 5.88. The first-order chi connectivity index (χ1) is 10.3. The van der Waals surface area contributed by atoms with Crippen LogP contribution in [-0.4, -0.2) is 5.91 Å². The number of nitrogens with one attached hydrogen (secondary N) is 2. The zero-order valence-corrected chi connectivity index (χ0v) is 13.1. The highest BCUT2D eigenvalue weighted by Crippen LogP contribution is 2.34. The van der Waals surface area contributed by atoms with Crippen LogP contribution < -0.4 is 10.6 Å². The Balaban J connectivity index is 0.00000144. The molecule has 1 amide bonds. The molecule has 0 radical (unpaired) electrons. The lowest BCUT2D eigenvalue weighted by Gasteiger charge is -2.28. The van der Waals surface area contributed by atoms with E-state index in [-0.39, 0.29) is 24.2 Å². The van der Waals surface area contributed by atoms with Gasteiger partial charge in [-0.1, -0.05) is 42.5 Å². The molecule has 2 aromatic rings. The SMILES string of the molecule is Cl.O=C(NCc1ccc2c(c1)CNC2)C1Cc2ccccc21. The Morgan fingerprint density at radius 1 is 1.09 bits per heavy atom. The first-order valence-electron chi connectivity index (χ1n) is 7.48. The molecule has 4 heteroatoms. The first kappa shape index (κ1) is 15.1. The minimum Gasteiger partial charge on any atom is -0.351 e. The van der Waals surface area contributed by atoms with Crippen LogP contribution in [-0.2, 0) is 30.8 Å². The summed E-state index contributed by atoms with van der Waals surface area (Å²) < 4.78 is 0. The molecule has 0 spiro atoms. The van der Waals surface area contributed by atoms with Gasteiger partial charge in [0, 0.05) is 19.6 Å². The highest BCUT2D eigenvalue weighted by molar-refractivity contribution is 5.86. The number of hydrogen-bond donors (Lipinski definition) is 2. The standard InChI is InChI=1S/C18H18N2O.ClH/c21-18(17-8-13-3-1-2-4-16(13)17)20-9-12-5-6-14-10-19-11-15(14)7-12;/h1-7,17,19H,8-11H2,(H,20,21);1H. The van der Waals surface area contributed by atoms with Crippen LogP contribution in [0, 0.1) is 0 Å². The molecular formula is C18H19ClN2O. The molecule has 0 aromatic heterocycles. The Morgan fingerprint density at radius 2 is 1.91 bits per heavy atom. The number of halogens is 1. The second-order valence-corrected chi connectivity index (χ2v) is 5.88. The maximum atomic E-state index is 12.3. The molecule has 3 nitrogen and oxygen atoms in total. The summed E-state index contributed by atoms with van der Waals surface area (Å²) in [7, 11) is 0. The summed E-state index contributed by atoms with van der Waals surface area (Å²) in [5.74, 6) is 0.185. The van der Waals surface area contributed by atoms with Gasteiger partial charge in [0.25, 0.3) is 0 Å². The van der Waals surface area contributed by atoms with Crippen LogP contribution in [0.2, 0.25) is 0 Å². The number of benzene rings is 2. The molecule has 1 heterocycles. The van der Waals surface area contributed by atoms with Crippen molar-refractivity contribution >= 4 is 18.3 Å². The molecular weight excluding hydrogens is 296 g/mol. The fourth-order valence-corrected chi connectivity index (χ4v) is 3.26. The fourth-order valence-electron chi connectivity index (χ4n) is 3.26. The quantitative estimate of drug-likeness (QED) is 0.914. The fraction of sp³-hybridized carbons (Fsp3) is 0.278. The zero-order chi connectivity index (χ0) is 14.2. The van der Waals surface area contributed by atoms with Crippen molar-refractivity contribution in [1.29, 1.82) is 0 Å². The van der Waals surface area contributed by atoms with E-state index in [2.05, 4.69) is 41.0 Å². The summed E-state index contributed by atoms with van der Waals surface area (Å²) in [6, 6.07) is 14.7. The van der Waals surface area contributed by atoms with E-state index in [1.807, 2.05) is 12.1 Å². The van der Waals surface area contributed by atoms with E-state index in [4.69, 9.17) is 0 Å². The number of fused-ring (bicyclic) bond motifs is 2. The minimum atomic E-state index is 0. The average molecular weight is 315 g/mol. The van der Waals surface area contributed by atoms with Crippen molar-refractivity contribution in [1.82, 2.24) is 10.6 Å². The van der Waals surface area contributed by atoms with E-state index in [9.17, 15) is 4.79 Å². The Bertz CT molecular complexity index is 714. The van der Waals surface area contributed by atoms with E-state index in [0.29, 0.717) is 6.54 Å². The summed E-state index contributed by atoms with van der Waals surface area (Å²) in [6.07, 6.45) is 0.871. The van der Waals surface area contributed by atoms with Crippen molar-refractivity contribution in [2.45, 2.75) is 32.0 Å². The normalized spacial score (nSPS) is 17.7. The molecule has 1 aliphatic carbocycles. The predicted octanol–water partition coefficient (Wildman–Crippen LogP) is 2.67. The molecule has 2 aliphatic rings. The van der Waals surface area contributed by atoms with Gasteiger partial charge in [0.05, 0.1) is 5.92 Å². The van der Waals surface area contributed by atoms with Gasteiger partial charge in [0.2, 0.25) is 5.91 Å². The van der Waals surface area contributed by atoms with E-state index in [0.717, 1.165) is 19.5 Å². The molecule has 0 fully saturated rings. The van der Waals surface area contributed by atoms with Crippen molar-refractivity contribution in [3.63, 3.8) is 0 Å². The molecule has 1 aliphatic heterocycles. The molecule has 1 atom stereocenters. The van der Waals surface area contributed by atoms with Crippen LogP contribution in [0.25, 0.3) is 0 Å². The average Bonchev–Trinajstić information content (AvgIpc) is 2.94. The predicted molar refractivity (Wildman–Crippen MR) is 89.0 cm³/mol. The highest BCUT2D eigenvalue weighted by atomic mass is 35.5. The number of carbonyl (C=O) groups excluding carboxylic acids is 1. The van der Waals surface area contributed by atoms with Gasteiger partial charge in [-0.15, -0.1) is 12.4 Å². The van der Waals surface area contributed by atoms with Gasteiger partial charge in [-0.2, -0.15) is 0 Å². The molecule has 2 aromatic carbocycles. The first-order valence-corrected chi connectivity index (χ1v) is 7.48. The van der Waals surface area contributed by atoms with Crippen LogP contribution in [0.5, 0.6) is 0 Å². The van der Waals surface area contributed by atoms with E-state index < -0.39 is 0 Å². The maximum absolute atomic E-state index is 12.3. The van der Waals surface area contributed by atoms with E-state index in [1.165, 1.54) is 27.8 Å². The molecule has 1 unspecified atom stereocenters. The van der Waals surface area contributed by atoms with Crippen molar-refractivity contribution in [2.24, 2.45) is 0 Å². The van der Waals surface area contributed by atoms with Crippen LogP contribution >= 0.6 is 12.4 Å². The van der Waals surface area contributed by atoms with Gasteiger partial charge < -0.3 is 10.6 Å². The van der Waals surface area contributed by atoms with E-state index >= 15 is 0 Å². The highest BCUT2D eigenvalue weighted by Gasteiger charge is 2.31. The minimum absolute atomic E-state index is 0. The smallest absolute Gasteiger partial charge is 0.228 e. The van der Waals surface area contributed by atoms with Crippen molar-refractivity contribution in [3.05, 3.63) is 70.3 Å². The summed E-state index contributed by atoms with van der Waals surface area (Å²) in [4.78, 5) is 12.3. The molecule has 0 saturated carbocycles. The lowest BCUT2D eigenvalue weighted by molar-refractivity contribution is -0.123. The topological polar surface area (TPSA) is 41.1 Å². The Labute approximate surface area is 136 Å². The summed E-state index contributed by atoms with van der Waals surface area (Å²) >= 11 is 0. The van der Waals surface area contributed by atoms with Gasteiger partial charge in [-0.25, -0.2) is 0 Å². The number of rotatable bonds is 3. The number of carbonyl (C=O) groups is 1. The third kappa shape index (κ3) is 2.62. The maximum Gasteiger partial charge on any atom is 0.228 e. The number of hydrogen-bond acceptors (Lipinski definition) is 2. The van der Waals surface area contributed by atoms with Crippen molar-refractivity contribution in [2.75, 3.05) is 0 Å². The molecule has 2 N–H and O–H groups in total. The Hall–Kier alpha value is -1.84. The zero-order valence-electron chi connectivity index (χ0n) is 12.3. The number of amides is 1. The van der Waals surface area contributed by atoms with Crippen LogP contribution in [0.4, 0.5) is 0 Å². The summed E-state index contributed by atoms with van der Waals surface area (Å²) in [5.41, 5.74) is 6.40. The summed E-state index contributed by atoms with van der Waals surface area (Å²) in [6.45, 7) is 2.51. The van der Waals surface area contributed by atoms with Crippen LogP contribution in [0.1, 0.15) is 33.7 Å². The van der Waals surface area contributed by atoms with Crippen molar-refractivity contribution in [3.8, 4) is 0 Å². The lowest BCUT2D eigenvalue weighted by Crippen LogP contribution is -2.35. The van der Waals surface area contributed by atoms with Gasteiger partial charge >= 0.3 is 0 Å². The molecule has 22 heavy (non-hydrogen) atoms. The van der Waals surface area contributed by atoms with Crippen LogP contribution in [0.3, 0.4) is 0 Å². The van der Waals surface area contributed by atoms with Gasteiger partial charge in [-0.3, -0.25) is 4.79 Å². The van der Waals surface area contributed by atoms with Gasteiger partial charge in [0.1, 0.15) is 0 Å². The second kappa shape index (κ2) is 6.11. The summed E-state index contributed by atoms with van der Waals surface area (Å²) in [5, 5.41) is 6.41. The monoisotopic (exact) mass is 314 g/mol. The lowest BCUT2D eigenvalue weighted by atomic mass is 9.77. The Kier molecular flexibility index (Phi) is 4.19. The molecule has 0 saturated heterocycles. The molecule has 0 bridgehead atoms. The largest absolute Gasteiger partial charge is 0.351 e. The molecule has 114 valence electrons. The van der Waals surface area contributed by atoms with Gasteiger partial charge in [0.15, 0.2) is 0 Å². The third-order valence-electron chi connectivity index (χ3n) is 4.54. The van der Waals surface area contributed by atoms with Gasteiger partial charge in [-0.05, 0) is 34.2 Å². The van der Waals surface area contributed by atoms with E-state index in [1.54, 1.807) is 0 Å². The molecule has 4 rings (SSSR count). The van der Waals surface area contributed by atoms with Crippen LogP contribution in [0.15, 0.2) is 42.5 Å². The Morgan fingerprint density at radius 3 is 2.77 bits per heavy atom.